The molecule has 2 rings (SSSR count). The van der Waals surface area contributed by atoms with Crippen molar-refractivity contribution < 1.29 is 4.79 Å². The molecule has 2 heterocycles. The summed E-state index contributed by atoms with van der Waals surface area (Å²) in [5.41, 5.74) is 0. The van der Waals surface area contributed by atoms with E-state index in [1.165, 1.54) is 19.3 Å². The Hall–Kier alpha value is -0.770. The number of likely N-dealkylation sites (N-methyl/N-ethyl adjacent to an activating group) is 1. The van der Waals surface area contributed by atoms with Gasteiger partial charge in [-0.05, 0) is 25.8 Å². The molecule has 0 aliphatic carbocycles. The van der Waals surface area contributed by atoms with Crippen molar-refractivity contribution in [3.8, 4) is 0 Å². The summed E-state index contributed by atoms with van der Waals surface area (Å²) in [7, 11) is 1.94. The third-order valence-corrected chi connectivity index (χ3v) is 4.03. The first-order valence-electron chi connectivity index (χ1n) is 6.97. The fourth-order valence-electron chi connectivity index (χ4n) is 2.95. The molecule has 0 aromatic heterocycles. The van der Waals surface area contributed by atoms with Crippen LogP contribution in [0, 0.1) is 0 Å². The van der Waals surface area contributed by atoms with E-state index in [-0.39, 0.29) is 6.03 Å². The molecule has 0 aromatic carbocycles. The number of amides is 2. The smallest absolute Gasteiger partial charge is 0.320 e. The number of carbonyl (C=O) groups excluding carboxylic acids is 1. The summed E-state index contributed by atoms with van der Waals surface area (Å²) in [4.78, 5) is 16.0. The number of urea groups is 1. The number of hydrogen-bond acceptors (Lipinski definition) is 2. The lowest BCUT2D eigenvalue weighted by atomic mass is 10.0. The standard InChI is InChI=1S/C13H25N3O/c1-3-6-12-10-16(13(17)15(12)2)9-11-7-4-5-8-14-11/h11-12,14H,3-10H2,1-2H3. The zero-order chi connectivity index (χ0) is 12.3. The van der Waals surface area contributed by atoms with Gasteiger partial charge >= 0.3 is 6.03 Å². The van der Waals surface area contributed by atoms with Crippen LogP contribution < -0.4 is 5.32 Å². The van der Waals surface area contributed by atoms with Crippen molar-refractivity contribution in [3.05, 3.63) is 0 Å². The first-order chi connectivity index (χ1) is 8.22. The lowest BCUT2D eigenvalue weighted by molar-refractivity contribution is 0.188. The van der Waals surface area contributed by atoms with Gasteiger partial charge in [0.2, 0.25) is 0 Å². The summed E-state index contributed by atoms with van der Waals surface area (Å²) in [6, 6.07) is 1.16. The van der Waals surface area contributed by atoms with Crippen LogP contribution in [0.3, 0.4) is 0 Å². The molecule has 0 spiro atoms. The van der Waals surface area contributed by atoms with Gasteiger partial charge in [-0.2, -0.15) is 0 Å². The van der Waals surface area contributed by atoms with Crippen LogP contribution in [0.4, 0.5) is 4.79 Å². The number of carbonyl (C=O) groups is 1. The molecular weight excluding hydrogens is 214 g/mol. The molecule has 2 saturated heterocycles. The highest BCUT2D eigenvalue weighted by Crippen LogP contribution is 2.19. The molecule has 4 nitrogen and oxygen atoms in total. The van der Waals surface area contributed by atoms with Crippen LogP contribution >= 0.6 is 0 Å². The predicted octanol–water partition coefficient (Wildman–Crippen LogP) is 1.66. The van der Waals surface area contributed by atoms with Crippen molar-refractivity contribution in [1.29, 1.82) is 0 Å². The molecule has 2 fully saturated rings. The molecule has 98 valence electrons. The number of hydrogen-bond donors (Lipinski definition) is 1. The highest BCUT2D eigenvalue weighted by molar-refractivity contribution is 5.76. The Morgan fingerprint density at radius 3 is 2.88 bits per heavy atom. The van der Waals surface area contributed by atoms with Crippen molar-refractivity contribution in [2.45, 2.75) is 51.1 Å². The Balaban J connectivity index is 1.86. The highest BCUT2D eigenvalue weighted by atomic mass is 16.2. The van der Waals surface area contributed by atoms with Gasteiger partial charge in [-0.3, -0.25) is 0 Å². The van der Waals surface area contributed by atoms with Crippen LogP contribution in [0.1, 0.15) is 39.0 Å². The summed E-state index contributed by atoms with van der Waals surface area (Å²) in [5, 5.41) is 3.52. The van der Waals surface area contributed by atoms with Gasteiger partial charge in [0.05, 0.1) is 6.04 Å². The average Bonchev–Trinajstić information content (AvgIpc) is 2.60. The van der Waals surface area contributed by atoms with E-state index in [1.54, 1.807) is 0 Å². The Morgan fingerprint density at radius 1 is 1.41 bits per heavy atom. The molecule has 0 aromatic rings. The van der Waals surface area contributed by atoms with Crippen molar-refractivity contribution in [3.63, 3.8) is 0 Å². The van der Waals surface area contributed by atoms with Crippen LogP contribution in [-0.2, 0) is 0 Å². The average molecular weight is 239 g/mol. The third kappa shape index (κ3) is 2.92. The Labute approximate surface area is 104 Å². The van der Waals surface area contributed by atoms with E-state index in [4.69, 9.17) is 0 Å². The van der Waals surface area contributed by atoms with Gasteiger partial charge in [0.25, 0.3) is 0 Å². The van der Waals surface area contributed by atoms with E-state index in [1.807, 2.05) is 16.8 Å². The second-order valence-electron chi connectivity index (χ2n) is 5.39. The van der Waals surface area contributed by atoms with Gasteiger partial charge in [-0.1, -0.05) is 19.8 Å². The zero-order valence-electron chi connectivity index (χ0n) is 11.1. The topological polar surface area (TPSA) is 35.6 Å². The van der Waals surface area contributed by atoms with Crippen molar-refractivity contribution in [2.75, 3.05) is 26.7 Å². The minimum absolute atomic E-state index is 0.218. The number of piperidine rings is 1. The largest absolute Gasteiger partial charge is 0.323 e. The van der Waals surface area contributed by atoms with Crippen LogP contribution in [0.25, 0.3) is 0 Å². The van der Waals surface area contributed by atoms with Gasteiger partial charge in [0.1, 0.15) is 0 Å². The zero-order valence-corrected chi connectivity index (χ0v) is 11.1. The van der Waals surface area contributed by atoms with Crippen molar-refractivity contribution in [1.82, 2.24) is 15.1 Å². The molecule has 2 unspecified atom stereocenters. The van der Waals surface area contributed by atoms with Crippen molar-refractivity contribution in [2.24, 2.45) is 0 Å². The minimum atomic E-state index is 0.218. The number of rotatable bonds is 4. The molecule has 0 saturated carbocycles. The second kappa shape index (κ2) is 5.71. The summed E-state index contributed by atoms with van der Waals surface area (Å²) >= 11 is 0. The molecule has 0 radical (unpaired) electrons. The summed E-state index contributed by atoms with van der Waals surface area (Å²) in [5.74, 6) is 0. The van der Waals surface area contributed by atoms with Crippen LogP contribution in [-0.4, -0.2) is 54.6 Å². The SMILES string of the molecule is CCCC1CN(CC2CCCCN2)C(=O)N1C. The number of nitrogens with one attached hydrogen (secondary N) is 1. The maximum Gasteiger partial charge on any atom is 0.320 e. The van der Waals surface area contributed by atoms with Crippen molar-refractivity contribution >= 4 is 6.03 Å². The molecular formula is C13H25N3O. The van der Waals surface area contributed by atoms with E-state index in [9.17, 15) is 4.79 Å². The molecule has 0 bridgehead atoms. The van der Waals surface area contributed by atoms with Gasteiger partial charge < -0.3 is 15.1 Å². The van der Waals surface area contributed by atoms with E-state index in [0.29, 0.717) is 12.1 Å². The quantitative estimate of drug-likeness (QED) is 0.810. The van der Waals surface area contributed by atoms with Crippen LogP contribution in [0.2, 0.25) is 0 Å². The summed E-state index contributed by atoms with van der Waals surface area (Å²) < 4.78 is 0. The maximum atomic E-state index is 12.1. The lowest BCUT2D eigenvalue weighted by Gasteiger charge is -2.27. The first kappa shape index (κ1) is 12.7. The molecule has 1 N–H and O–H groups in total. The fourth-order valence-corrected chi connectivity index (χ4v) is 2.95. The summed E-state index contributed by atoms with van der Waals surface area (Å²) in [6.07, 6.45) is 6.07. The Kier molecular flexibility index (Phi) is 4.26. The monoisotopic (exact) mass is 239 g/mol. The number of nitrogens with zero attached hydrogens (tertiary/aromatic N) is 2. The fraction of sp³-hybridized carbons (Fsp3) is 0.923. The summed E-state index contributed by atoms with van der Waals surface area (Å²) in [6.45, 7) is 5.11. The van der Waals surface area contributed by atoms with Crippen LogP contribution in [0.15, 0.2) is 0 Å². The van der Waals surface area contributed by atoms with Gasteiger partial charge in [0, 0.05) is 26.2 Å². The minimum Gasteiger partial charge on any atom is -0.323 e. The Bertz CT molecular complexity index is 263. The van der Waals surface area contributed by atoms with Gasteiger partial charge in [-0.25, -0.2) is 4.79 Å². The molecule has 2 atom stereocenters. The van der Waals surface area contributed by atoms with E-state index in [2.05, 4.69) is 12.2 Å². The lowest BCUT2D eigenvalue weighted by Crippen LogP contribution is -2.44. The molecule has 2 amide bonds. The second-order valence-corrected chi connectivity index (χ2v) is 5.39. The molecule has 4 heteroatoms. The predicted molar refractivity (Wildman–Crippen MR) is 69.1 cm³/mol. The highest BCUT2D eigenvalue weighted by Gasteiger charge is 2.34. The van der Waals surface area contributed by atoms with Gasteiger partial charge in [0.15, 0.2) is 0 Å². The van der Waals surface area contributed by atoms with Gasteiger partial charge in [-0.15, -0.1) is 0 Å². The third-order valence-electron chi connectivity index (χ3n) is 4.03. The molecule has 2 aliphatic rings. The van der Waals surface area contributed by atoms with E-state index in [0.717, 1.165) is 32.5 Å². The van der Waals surface area contributed by atoms with Crippen LogP contribution in [0.5, 0.6) is 0 Å². The van der Waals surface area contributed by atoms with E-state index >= 15 is 0 Å². The first-order valence-corrected chi connectivity index (χ1v) is 6.97. The maximum absolute atomic E-state index is 12.1. The van der Waals surface area contributed by atoms with E-state index < -0.39 is 0 Å². The Morgan fingerprint density at radius 2 is 2.24 bits per heavy atom. The molecule has 2 aliphatic heterocycles. The molecule has 17 heavy (non-hydrogen) atoms. The normalized spacial score (nSPS) is 30.1.